The molecule has 0 fully saturated rings. The van der Waals surface area contributed by atoms with Gasteiger partial charge in [0.25, 0.3) is 0 Å². The van der Waals surface area contributed by atoms with E-state index in [2.05, 4.69) is 5.32 Å². The summed E-state index contributed by atoms with van der Waals surface area (Å²) in [6, 6.07) is 5.35. The maximum absolute atomic E-state index is 9.22. The summed E-state index contributed by atoms with van der Waals surface area (Å²) >= 11 is 0. The zero-order valence-corrected chi connectivity index (χ0v) is 8.16. The van der Waals surface area contributed by atoms with Gasteiger partial charge in [0.15, 0.2) is 0 Å². The van der Waals surface area contributed by atoms with Crippen molar-refractivity contribution >= 4 is 0 Å². The van der Waals surface area contributed by atoms with Crippen LogP contribution in [0.5, 0.6) is 11.5 Å². The summed E-state index contributed by atoms with van der Waals surface area (Å²) in [5, 5.41) is 12.3. The quantitative estimate of drug-likeness (QED) is 0.745. The first-order valence-corrected chi connectivity index (χ1v) is 4.23. The fraction of sp³-hybridized carbons (Fsp3) is 0.400. The summed E-state index contributed by atoms with van der Waals surface area (Å²) in [4.78, 5) is 0. The summed E-state index contributed by atoms with van der Waals surface area (Å²) in [6.07, 6.45) is 0. The predicted octanol–water partition coefficient (Wildman–Crippen LogP) is 1.68. The standard InChI is InChI=1S/C10H15NO2/c1-7(11-2)9-5-4-8(12)6-10(9)13-3/h4-7,11-12H,1-3H3/t7-/m1/s1. The van der Waals surface area contributed by atoms with E-state index in [1.807, 2.05) is 20.0 Å². The van der Waals surface area contributed by atoms with E-state index < -0.39 is 0 Å². The Morgan fingerprint density at radius 3 is 2.69 bits per heavy atom. The minimum absolute atomic E-state index is 0.218. The number of phenolic OH excluding ortho intramolecular Hbond substituents is 1. The number of hydrogen-bond donors (Lipinski definition) is 2. The van der Waals surface area contributed by atoms with Crippen LogP contribution in [-0.2, 0) is 0 Å². The zero-order valence-electron chi connectivity index (χ0n) is 8.16. The second-order valence-corrected chi connectivity index (χ2v) is 2.94. The minimum Gasteiger partial charge on any atom is -0.508 e. The molecule has 1 aromatic rings. The Kier molecular flexibility index (Phi) is 3.14. The van der Waals surface area contributed by atoms with E-state index in [1.165, 1.54) is 0 Å². The normalized spacial score (nSPS) is 12.5. The van der Waals surface area contributed by atoms with Gasteiger partial charge in [-0.2, -0.15) is 0 Å². The van der Waals surface area contributed by atoms with Gasteiger partial charge in [0.05, 0.1) is 7.11 Å². The number of benzene rings is 1. The van der Waals surface area contributed by atoms with Crippen molar-refractivity contribution in [3.05, 3.63) is 23.8 Å². The Balaban J connectivity index is 3.05. The van der Waals surface area contributed by atoms with Gasteiger partial charge in [-0.05, 0) is 20.0 Å². The SMILES string of the molecule is CN[C@H](C)c1ccc(O)cc1OC. The van der Waals surface area contributed by atoms with E-state index >= 15 is 0 Å². The smallest absolute Gasteiger partial charge is 0.127 e. The summed E-state index contributed by atoms with van der Waals surface area (Å²) < 4.78 is 5.15. The third-order valence-electron chi connectivity index (χ3n) is 2.12. The van der Waals surface area contributed by atoms with Crippen LogP contribution in [0.1, 0.15) is 18.5 Å². The van der Waals surface area contributed by atoms with Crippen LogP contribution in [0.2, 0.25) is 0 Å². The van der Waals surface area contributed by atoms with Gasteiger partial charge in [-0.3, -0.25) is 0 Å². The minimum atomic E-state index is 0.218. The number of methoxy groups -OCH3 is 1. The molecule has 13 heavy (non-hydrogen) atoms. The van der Waals surface area contributed by atoms with Gasteiger partial charge >= 0.3 is 0 Å². The molecular weight excluding hydrogens is 166 g/mol. The fourth-order valence-electron chi connectivity index (χ4n) is 1.21. The van der Waals surface area contributed by atoms with E-state index in [0.717, 1.165) is 5.56 Å². The Bertz CT molecular complexity index is 286. The zero-order chi connectivity index (χ0) is 9.84. The summed E-state index contributed by atoms with van der Waals surface area (Å²) in [7, 11) is 3.48. The average Bonchev–Trinajstić information content (AvgIpc) is 2.16. The molecule has 0 saturated heterocycles. The van der Waals surface area contributed by atoms with E-state index in [1.54, 1.807) is 19.2 Å². The van der Waals surface area contributed by atoms with Crippen LogP contribution in [-0.4, -0.2) is 19.3 Å². The maximum atomic E-state index is 9.22. The molecule has 1 aromatic carbocycles. The molecule has 0 aliphatic rings. The van der Waals surface area contributed by atoms with Gasteiger partial charge < -0.3 is 15.2 Å². The highest BCUT2D eigenvalue weighted by atomic mass is 16.5. The molecule has 2 N–H and O–H groups in total. The van der Waals surface area contributed by atoms with Gasteiger partial charge in [-0.1, -0.05) is 6.07 Å². The van der Waals surface area contributed by atoms with Crippen molar-refractivity contribution in [3.8, 4) is 11.5 Å². The van der Waals surface area contributed by atoms with Crippen molar-refractivity contribution in [2.24, 2.45) is 0 Å². The number of phenols is 1. The van der Waals surface area contributed by atoms with E-state index in [4.69, 9.17) is 4.74 Å². The lowest BCUT2D eigenvalue weighted by Gasteiger charge is -2.14. The van der Waals surface area contributed by atoms with Crippen molar-refractivity contribution in [2.75, 3.05) is 14.2 Å². The molecule has 0 bridgehead atoms. The molecule has 0 unspecified atom stereocenters. The number of nitrogens with one attached hydrogen (secondary N) is 1. The van der Waals surface area contributed by atoms with Crippen molar-refractivity contribution in [1.29, 1.82) is 0 Å². The number of rotatable bonds is 3. The van der Waals surface area contributed by atoms with Crippen LogP contribution in [0.3, 0.4) is 0 Å². The molecule has 0 saturated carbocycles. The molecule has 0 spiro atoms. The van der Waals surface area contributed by atoms with Crippen LogP contribution < -0.4 is 10.1 Å². The molecule has 1 atom stereocenters. The largest absolute Gasteiger partial charge is 0.508 e. The lowest BCUT2D eigenvalue weighted by Crippen LogP contribution is -2.13. The van der Waals surface area contributed by atoms with Crippen molar-refractivity contribution in [1.82, 2.24) is 5.32 Å². The van der Waals surface area contributed by atoms with Crippen LogP contribution in [0.4, 0.5) is 0 Å². The highest BCUT2D eigenvalue weighted by molar-refractivity contribution is 5.41. The summed E-state index contributed by atoms with van der Waals surface area (Å²) in [5.41, 5.74) is 1.04. The molecule has 0 heterocycles. The number of aromatic hydroxyl groups is 1. The van der Waals surface area contributed by atoms with Gasteiger partial charge in [-0.25, -0.2) is 0 Å². The summed E-state index contributed by atoms with van der Waals surface area (Å²) in [5.74, 6) is 0.936. The first-order valence-electron chi connectivity index (χ1n) is 4.23. The lowest BCUT2D eigenvalue weighted by atomic mass is 10.1. The average molecular weight is 181 g/mol. The first kappa shape index (κ1) is 9.86. The first-order chi connectivity index (χ1) is 6.19. The topological polar surface area (TPSA) is 41.5 Å². The number of hydrogen-bond acceptors (Lipinski definition) is 3. The molecule has 72 valence electrons. The van der Waals surface area contributed by atoms with Gasteiger partial charge in [0.1, 0.15) is 11.5 Å². The van der Waals surface area contributed by atoms with Crippen LogP contribution in [0.25, 0.3) is 0 Å². The molecule has 0 aliphatic carbocycles. The van der Waals surface area contributed by atoms with Crippen LogP contribution in [0.15, 0.2) is 18.2 Å². The Morgan fingerprint density at radius 1 is 1.46 bits per heavy atom. The van der Waals surface area contributed by atoms with Gasteiger partial charge in [-0.15, -0.1) is 0 Å². The highest BCUT2D eigenvalue weighted by Crippen LogP contribution is 2.28. The molecular formula is C10H15NO2. The molecule has 1 rings (SSSR count). The lowest BCUT2D eigenvalue weighted by molar-refractivity contribution is 0.397. The summed E-state index contributed by atoms with van der Waals surface area (Å²) in [6.45, 7) is 2.04. The number of ether oxygens (including phenoxy) is 1. The molecule has 0 radical (unpaired) electrons. The molecule has 0 aliphatic heterocycles. The molecule has 3 nitrogen and oxygen atoms in total. The Hall–Kier alpha value is -1.22. The monoisotopic (exact) mass is 181 g/mol. The third-order valence-corrected chi connectivity index (χ3v) is 2.12. The van der Waals surface area contributed by atoms with E-state index in [9.17, 15) is 5.11 Å². The Labute approximate surface area is 78.3 Å². The van der Waals surface area contributed by atoms with Crippen molar-refractivity contribution in [2.45, 2.75) is 13.0 Å². The highest BCUT2D eigenvalue weighted by Gasteiger charge is 2.09. The van der Waals surface area contributed by atoms with E-state index in [-0.39, 0.29) is 11.8 Å². The van der Waals surface area contributed by atoms with Crippen LogP contribution in [0, 0.1) is 0 Å². The second kappa shape index (κ2) is 4.14. The van der Waals surface area contributed by atoms with Crippen molar-refractivity contribution < 1.29 is 9.84 Å². The van der Waals surface area contributed by atoms with Gasteiger partial charge in [0, 0.05) is 17.7 Å². The van der Waals surface area contributed by atoms with Crippen LogP contribution >= 0.6 is 0 Å². The second-order valence-electron chi connectivity index (χ2n) is 2.94. The van der Waals surface area contributed by atoms with Crippen molar-refractivity contribution in [3.63, 3.8) is 0 Å². The van der Waals surface area contributed by atoms with E-state index in [0.29, 0.717) is 5.75 Å². The molecule has 3 heteroatoms. The third kappa shape index (κ3) is 2.12. The van der Waals surface area contributed by atoms with Gasteiger partial charge in [0.2, 0.25) is 0 Å². The Morgan fingerprint density at radius 2 is 2.15 bits per heavy atom. The predicted molar refractivity (Wildman–Crippen MR) is 52.1 cm³/mol. The molecule has 0 amide bonds. The fourth-order valence-corrected chi connectivity index (χ4v) is 1.21. The maximum Gasteiger partial charge on any atom is 0.127 e. The molecule has 0 aromatic heterocycles.